The van der Waals surface area contributed by atoms with Crippen molar-refractivity contribution in [3.63, 3.8) is 0 Å². The molecule has 0 saturated carbocycles. The van der Waals surface area contributed by atoms with Crippen molar-refractivity contribution in [3.05, 3.63) is 72.3 Å². The van der Waals surface area contributed by atoms with E-state index in [1.165, 1.54) is 14.2 Å². The summed E-state index contributed by atoms with van der Waals surface area (Å²) in [5.41, 5.74) is 2.30. The van der Waals surface area contributed by atoms with Gasteiger partial charge in [0.25, 0.3) is 10.0 Å². The van der Waals surface area contributed by atoms with Gasteiger partial charge in [0, 0.05) is 37.9 Å². The fourth-order valence-electron chi connectivity index (χ4n) is 4.36. The van der Waals surface area contributed by atoms with Crippen LogP contribution in [0, 0.1) is 6.92 Å². The number of benzene rings is 3. The minimum Gasteiger partial charge on any atom is -0.497 e. The van der Waals surface area contributed by atoms with Crippen LogP contribution in [0.3, 0.4) is 0 Å². The van der Waals surface area contributed by atoms with E-state index in [2.05, 4.69) is 4.90 Å². The molecule has 0 radical (unpaired) electrons. The summed E-state index contributed by atoms with van der Waals surface area (Å²) in [6, 6.07) is 19.2. The molecule has 1 saturated heterocycles. The summed E-state index contributed by atoms with van der Waals surface area (Å²) in [7, 11) is 0.574. The number of anilines is 2. The zero-order valence-electron chi connectivity index (χ0n) is 22.1. The Morgan fingerprint density at radius 3 is 2.03 bits per heavy atom. The summed E-state index contributed by atoms with van der Waals surface area (Å²) >= 11 is 0. The molecule has 0 atom stereocenters. The third kappa shape index (κ3) is 5.80. The number of rotatable bonds is 9. The van der Waals surface area contributed by atoms with E-state index in [0.29, 0.717) is 43.4 Å². The van der Waals surface area contributed by atoms with E-state index < -0.39 is 10.0 Å². The predicted octanol–water partition coefficient (Wildman–Crippen LogP) is 3.56. The molecule has 1 aliphatic rings. The molecule has 0 N–H and O–H groups in total. The molecule has 1 heterocycles. The van der Waals surface area contributed by atoms with Crippen LogP contribution in [-0.4, -0.2) is 73.3 Å². The molecule has 0 bridgehead atoms. The molecule has 10 heteroatoms. The lowest BCUT2D eigenvalue weighted by Crippen LogP contribution is -2.52. The number of hydrogen-bond donors (Lipinski definition) is 0. The molecule has 1 amide bonds. The molecule has 3 aromatic rings. The van der Waals surface area contributed by atoms with E-state index in [1.807, 2.05) is 31.2 Å². The standard InChI is InChI=1S/C28H33N3O6S/c1-21-5-12-25(13-6-21)38(33,34)31(23-9-14-26(36-3)27(19-23)37-4)20-28(32)30-17-15-29(16-18-30)22-7-10-24(35-2)11-8-22/h5-14,19H,15-18,20H2,1-4H3. The fraction of sp³-hybridized carbons (Fsp3) is 0.321. The molecule has 0 unspecified atom stereocenters. The van der Waals surface area contributed by atoms with Crippen LogP contribution in [0.25, 0.3) is 0 Å². The zero-order valence-corrected chi connectivity index (χ0v) is 22.9. The first-order valence-corrected chi connectivity index (χ1v) is 13.7. The van der Waals surface area contributed by atoms with Crippen LogP contribution < -0.4 is 23.4 Å². The van der Waals surface area contributed by atoms with Gasteiger partial charge in [-0.25, -0.2) is 8.42 Å². The van der Waals surface area contributed by atoms with E-state index >= 15 is 0 Å². The number of carbonyl (C=O) groups is 1. The lowest BCUT2D eigenvalue weighted by molar-refractivity contribution is -0.129. The normalized spacial score (nSPS) is 13.7. The molecule has 1 aliphatic heterocycles. The number of hydrogen-bond acceptors (Lipinski definition) is 7. The lowest BCUT2D eigenvalue weighted by Gasteiger charge is -2.37. The number of methoxy groups -OCH3 is 3. The Labute approximate surface area is 224 Å². The van der Waals surface area contributed by atoms with Gasteiger partial charge in [-0.05, 0) is 55.5 Å². The van der Waals surface area contributed by atoms with Gasteiger partial charge in [-0.3, -0.25) is 9.10 Å². The Balaban J connectivity index is 1.56. The summed E-state index contributed by atoms with van der Waals surface area (Å²) in [5, 5.41) is 0. The summed E-state index contributed by atoms with van der Waals surface area (Å²) in [5.74, 6) is 1.34. The minimum atomic E-state index is -4.04. The maximum absolute atomic E-state index is 13.8. The zero-order chi connectivity index (χ0) is 27.3. The summed E-state index contributed by atoms with van der Waals surface area (Å²) in [6.45, 7) is 3.79. The van der Waals surface area contributed by atoms with Crippen molar-refractivity contribution < 1.29 is 27.4 Å². The van der Waals surface area contributed by atoms with Crippen LogP contribution in [0.15, 0.2) is 71.6 Å². The highest BCUT2D eigenvalue weighted by atomic mass is 32.2. The molecule has 202 valence electrons. The highest BCUT2D eigenvalue weighted by Gasteiger charge is 2.31. The first kappa shape index (κ1) is 27.1. The van der Waals surface area contributed by atoms with Crippen LogP contribution >= 0.6 is 0 Å². The Bertz CT molecular complexity index is 1350. The highest BCUT2D eigenvalue weighted by Crippen LogP contribution is 2.34. The van der Waals surface area contributed by atoms with Crippen molar-refractivity contribution in [2.75, 3.05) is 63.3 Å². The number of carbonyl (C=O) groups excluding carboxylic acids is 1. The van der Waals surface area contributed by atoms with E-state index in [1.54, 1.807) is 54.5 Å². The fourth-order valence-corrected chi connectivity index (χ4v) is 5.77. The van der Waals surface area contributed by atoms with Crippen molar-refractivity contribution >= 4 is 27.3 Å². The van der Waals surface area contributed by atoms with E-state index in [-0.39, 0.29) is 17.3 Å². The molecular formula is C28H33N3O6S. The monoisotopic (exact) mass is 539 g/mol. The number of amides is 1. The SMILES string of the molecule is COc1ccc(N2CCN(C(=O)CN(c3ccc(OC)c(OC)c3)S(=O)(=O)c3ccc(C)cc3)CC2)cc1. The maximum Gasteiger partial charge on any atom is 0.264 e. The summed E-state index contributed by atoms with van der Waals surface area (Å²) in [4.78, 5) is 17.5. The second kappa shape index (κ2) is 11.6. The Morgan fingerprint density at radius 1 is 0.816 bits per heavy atom. The number of nitrogens with zero attached hydrogens (tertiary/aromatic N) is 3. The first-order chi connectivity index (χ1) is 18.3. The van der Waals surface area contributed by atoms with Gasteiger partial charge in [-0.1, -0.05) is 17.7 Å². The van der Waals surface area contributed by atoms with Crippen LogP contribution in [0.1, 0.15) is 5.56 Å². The second-order valence-electron chi connectivity index (χ2n) is 8.93. The highest BCUT2D eigenvalue weighted by molar-refractivity contribution is 7.92. The number of piperazine rings is 1. The Hall–Kier alpha value is -3.92. The van der Waals surface area contributed by atoms with Gasteiger partial charge in [0.05, 0.1) is 31.9 Å². The molecular weight excluding hydrogens is 506 g/mol. The molecule has 1 fully saturated rings. The molecule has 3 aromatic carbocycles. The van der Waals surface area contributed by atoms with Gasteiger partial charge >= 0.3 is 0 Å². The molecule has 0 aliphatic carbocycles. The van der Waals surface area contributed by atoms with Crippen molar-refractivity contribution in [2.24, 2.45) is 0 Å². The van der Waals surface area contributed by atoms with Gasteiger partial charge in [-0.15, -0.1) is 0 Å². The van der Waals surface area contributed by atoms with Gasteiger partial charge in [0.1, 0.15) is 12.3 Å². The first-order valence-electron chi connectivity index (χ1n) is 12.2. The van der Waals surface area contributed by atoms with Crippen molar-refractivity contribution in [1.29, 1.82) is 0 Å². The minimum absolute atomic E-state index is 0.106. The lowest BCUT2D eigenvalue weighted by atomic mass is 10.2. The Morgan fingerprint density at radius 2 is 1.45 bits per heavy atom. The smallest absolute Gasteiger partial charge is 0.264 e. The van der Waals surface area contributed by atoms with Gasteiger partial charge in [0.15, 0.2) is 11.5 Å². The maximum atomic E-state index is 13.8. The van der Waals surface area contributed by atoms with Crippen molar-refractivity contribution in [3.8, 4) is 17.2 Å². The van der Waals surface area contributed by atoms with Crippen molar-refractivity contribution in [2.45, 2.75) is 11.8 Å². The van der Waals surface area contributed by atoms with Crippen LogP contribution in [0.2, 0.25) is 0 Å². The third-order valence-electron chi connectivity index (χ3n) is 6.61. The molecule has 38 heavy (non-hydrogen) atoms. The number of ether oxygens (including phenoxy) is 3. The average molecular weight is 540 g/mol. The van der Waals surface area contributed by atoms with E-state index in [4.69, 9.17) is 14.2 Å². The quantitative estimate of drug-likeness (QED) is 0.411. The van der Waals surface area contributed by atoms with Crippen LogP contribution in [0.5, 0.6) is 17.2 Å². The molecule has 9 nitrogen and oxygen atoms in total. The average Bonchev–Trinajstić information content (AvgIpc) is 2.95. The van der Waals surface area contributed by atoms with Gasteiger partial charge in [-0.2, -0.15) is 0 Å². The largest absolute Gasteiger partial charge is 0.497 e. The number of aryl methyl sites for hydroxylation is 1. The van der Waals surface area contributed by atoms with Gasteiger partial charge < -0.3 is 24.0 Å². The molecule has 0 spiro atoms. The van der Waals surface area contributed by atoms with Gasteiger partial charge in [0.2, 0.25) is 5.91 Å². The molecule has 4 rings (SSSR count). The third-order valence-corrected chi connectivity index (χ3v) is 8.40. The predicted molar refractivity (Wildman–Crippen MR) is 147 cm³/mol. The topological polar surface area (TPSA) is 88.6 Å². The second-order valence-corrected chi connectivity index (χ2v) is 10.8. The number of sulfonamides is 1. The van der Waals surface area contributed by atoms with Crippen molar-refractivity contribution in [1.82, 2.24) is 4.90 Å². The summed E-state index contributed by atoms with van der Waals surface area (Å²) in [6.07, 6.45) is 0. The Kier molecular flexibility index (Phi) is 8.31. The van der Waals surface area contributed by atoms with E-state index in [9.17, 15) is 13.2 Å². The van der Waals surface area contributed by atoms with Crippen LogP contribution in [-0.2, 0) is 14.8 Å². The van der Waals surface area contributed by atoms with E-state index in [0.717, 1.165) is 21.3 Å². The van der Waals surface area contributed by atoms with Crippen LogP contribution in [0.4, 0.5) is 11.4 Å². The summed E-state index contributed by atoms with van der Waals surface area (Å²) < 4.78 is 44.6. The molecule has 0 aromatic heterocycles.